The van der Waals surface area contributed by atoms with Crippen LogP contribution in [-0.2, 0) is 9.68 Å². The van der Waals surface area contributed by atoms with Crippen molar-refractivity contribution >= 4 is 11.4 Å². The van der Waals surface area contributed by atoms with Gasteiger partial charge in [0.25, 0.3) is 0 Å². The predicted octanol–water partition coefficient (Wildman–Crippen LogP) is 3.24. The summed E-state index contributed by atoms with van der Waals surface area (Å²) in [5.41, 5.74) is 2.20. The van der Waals surface area contributed by atoms with Gasteiger partial charge in [-0.3, -0.25) is 0 Å². The predicted molar refractivity (Wildman–Crippen MR) is 80.5 cm³/mol. The van der Waals surface area contributed by atoms with Crippen molar-refractivity contribution in [2.75, 3.05) is 20.3 Å². The minimum atomic E-state index is 0.515. The Bertz CT molecular complexity index is 453. The van der Waals surface area contributed by atoms with E-state index in [1.54, 1.807) is 0 Å². The summed E-state index contributed by atoms with van der Waals surface area (Å²) in [6.45, 7) is 7.01. The van der Waals surface area contributed by atoms with Crippen LogP contribution in [0.2, 0.25) is 0 Å². The summed E-state index contributed by atoms with van der Waals surface area (Å²) in [5, 5.41) is 7.99. The van der Waals surface area contributed by atoms with Gasteiger partial charge in [0.05, 0.1) is 6.61 Å². The van der Waals surface area contributed by atoms with Crippen LogP contribution in [0.3, 0.4) is 0 Å². The third kappa shape index (κ3) is 4.91. The lowest BCUT2D eigenvalue weighted by Gasteiger charge is -2.08. The van der Waals surface area contributed by atoms with Crippen molar-refractivity contribution in [1.29, 1.82) is 0 Å². The van der Waals surface area contributed by atoms with Crippen LogP contribution in [0.4, 0.5) is 0 Å². The molecule has 0 N–H and O–H groups in total. The van der Waals surface area contributed by atoms with Gasteiger partial charge in [-0.2, -0.15) is 0 Å². The monoisotopic (exact) mass is 278 g/mol. The van der Waals surface area contributed by atoms with Gasteiger partial charge in [-0.05, 0) is 44.5 Å². The van der Waals surface area contributed by atoms with E-state index in [1.165, 1.54) is 7.11 Å². The first-order chi connectivity index (χ1) is 9.72. The maximum atomic E-state index is 5.55. The van der Waals surface area contributed by atoms with E-state index in [1.807, 2.05) is 38.1 Å². The fraction of sp³-hybridized carbons (Fsp3) is 0.467. The summed E-state index contributed by atoms with van der Waals surface area (Å²) < 4.78 is 5.55. The summed E-state index contributed by atoms with van der Waals surface area (Å²) in [5.74, 6) is 0.840. The highest BCUT2D eigenvalue weighted by atomic mass is 16.6. The molecule has 0 amide bonds. The van der Waals surface area contributed by atoms with E-state index in [4.69, 9.17) is 14.4 Å². The van der Waals surface area contributed by atoms with Gasteiger partial charge in [-0.15, -0.1) is 0 Å². The zero-order valence-corrected chi connectivity index (χ0v) is 12.5. The fourth-order valence-corrected chi connectivity index (χ4v) is 1.55. The molecule has 5 nitrogen and oxygen atoms in total. The number of benzene rings is 1. The summed E-state index contributed by atoms with van der Waals surface area (Å²) in [6, 6.07) is 7.66. The molecular formula is C15H22N2O3. The Morgan fingerprint density at radius 2 is 1.80 bits per heavy atom. The molecule has 0 saturated heterocycles. The Hall–Kier alpha value is -2.04. The number of oxime groups is 2. The molecule has 0 unspecified atom stereocenters. The molecule has 0 aromatic heterocycles. The number of hydrogen-bond acceptors (Lipinski definition) is 5. The first-order valence-electron chi connectivity index (χ1n) is 6.74. The van der Waals surface area contributed by atoms with Crippen LogP contribution in [0.15, 0.2) is 34.6 Å². The maximum absolute atomic E-state index is 5.55. The number of nitrogens with zero attached hydrogens (tertiary/aromatic N) is 2. The molecule has 20 heavy (non-hydrogen) atoms. The molecule has 0 fully saturated rings. The fourth-order valence-electron chi connectivity index (χ4n) is 1.55. The molecule has 0 bridgehead atoms. The molecule has 1 aromatic rings. The van der Waals surface area contributed by atoms with Crippen molar-refractivity contribution in [3.05, 3.63) is 29.8 Å². The summed E-state index contributed by atoms with van der Waals surface area (Å²) >= 11 is 0. The second-order valence-corrected chi connectivity index (χ2v) is 4.09. The molecule has 0 heterocycles. The van der Waals surface area contributed by atoms with Crippen LogP contribution >= 0.6 is 0 Å². The summed E-state index contributed by atoms with van der Waals surface area (Å²) in [7, 11) is 1.51. The molecule has 0 radical (unpaired) electrons. The normalized spacial score (nSPS) is 12.2. The molecule has 110 valence electrons. The van der Waals surface area contributed by atoms with Gasteiger partial charge in [0.2, 0.25) is 0 Å². The molecule has 0 atom stereocenters. The highest BCUT2D eigenvalue weighted by Gasteiger charge is 2.09. The van der Waals surface area contributed by atoms with Gasteiger partial charge in [0.15, 0.2) is 0 Å². The standard InChI is InChI=1S/C15H22N2O3/c1-5-11-19-14-9-7-13(8-10-14)15(17-18-4)12(3)16-20-6-2/h7-10H,5-6,11H2,1-4H3/b16-12+,17-15-. The van der Waals surface area contributed by atoms with E-state index in [-0.39, 0.29) is 0 Å². The topological polar surface area (TPSA) is 52.4 Å². The van der Waals surface area contributed by atoms with Crippen molar-refractivity contribution in [3.63, 3.8) is 0 Å². The van der Waals surface area contributed by atoms with Crippen LogP contribution < -0.4 is 4.74 Å². The minimum Gasteiger partial charge on any atom is -0.494 e. The Kier molecular flexibility index (Phi) is 7.17. The lowest BCUT2D eigenvalue weighted by molar-refractivity contribution is 0.159. The number of ether oxygens (including phenoxy) is 1. The Morgan fingerprint density at radius 1 is 1.10 bits per heavy atom. The third-order valence-electron chi connectivity index (χ3n) is 2.46. The van der Waals surface area contributed by atoms with Crippen LogP contribution in [0.1, 0.15) is 32.8 Å². The quantitative estimate of drug-likeness (QED) is 0.542. The SMILES string of the molecule is CCCOc1ccc(C(=N\OC)/C(C)=N/OCC)cc1. The highest BCUT2D eigenvalue weighted by molar-refractivity contribution is 6.47. The lowest BCUT2D eigenvalue weighted by atomic mass is 10.1. The Labute approximate surface area is 120 Å². The zero-order chi connectivity index (χ0) is 14.8. The average Bonchev–Trinajstić information content (AvgIpc) is 2.49. The molecule has 0 spiro atoms. The van der Waals surface area contributed by atoms with Gasteiger partial charge in [0, 0.05) is 5.56 Å². The van der Waals surface area contributed by atoms with Gasteiger partial charge in [-0.1, -0.05) is 17.2 Å². The second-order valence-electron chi connectivity index (χ2n) is 4.09. The Balaban J connectivity index is 2.90. The minimum absolute atomic E-state index is 0.515. The molecule has 0 aliphatic heterocycles. The van der Waals surface area contributed by atoms with E-state index < -0.39 is 0 Å². The first kappa shape index (κ1) is 16.0. The van der Waals surface area contributed by atoms with Crippen molar-refractivity contribution in [1.82, 2.24) is 0 Å². The van der Waals surface area contributed by atoms with Crippen LogP contribution in [-0.4, -0.2) is 31.7 Å². The van der Waals surface area contributed by atoms with Crippen LogP contribution in [0.5, 0.6) is 5.75 Å². The average molecular weight is 278 g/mol. The van der Waals surface area contributed by atoms with Crippen molar-refractivity contribution in [2.45, 2.75) is 27.2 Å². The van der Waals surface area contributed by atoms with Gasteiger partial charge in [0.1, 0.15) is 30.9 Å². The number of rotatable bonds is 8. The zero-order valence-electron chi connectivity index (χ0n) is 12.5. The summed E-state index contributed by atoms with van der Waals surface area (Å²) in [6.07, 6.45) is 0.984. The second kappa shape index (κ2) is 8.96. The molecule has 0 aliphatic rings. The maximum Gasteiger partial charge on any atom is 0.134 e. The van der Waals surface area contributed by atoms with Crippen molar-refractivity contribution < 1.29 is 14.4 Å². The highest BCUT2D eigenvalue weighted by Crippen LogP contribution is 2.14. The van der Waals surface area contributed by atoms with Crippen LogP contribution in [0, 0.1) is 0 Å². The van der Waals surface area contributed by atoms with E-state index in [0.717, 1.165) is 17.7 Å². The van der Waals surface area contributed by atoms with E-state index in [9.17, 15) is 0 Å². The third-order valence-corrected chi connectivity index (χ3v) is 2.46. The summed E-state index contributed by atoms with van der Waals surface area (Å²) in [4.78, 5) is 9.92. The molecule has 1 aromatic carbocycles. The molecule has 5 heteroatoms. The largest absolute Gasteiger partial charge is 0.494 e. The molecule has 0 aliphatic carbocycles. The molecule has 1 rings (SSSR count). The van der Waals surface area contributed by atoms with Crippen molar-refractivity contribution in [3.8, 4) is 5.75 Å². The smallest absolute Gasteiger partial charge is 0.134 e. The number of hydrogen-bond donors (Lipinski definition) is 0. The molecule has 0 saturated carbocycles. The van der Waals surface area contributed by atoms with Gasteiger partial charge in [-0.25, -0.2) is 0 Å². The molecular weight excluding hydrogens is 256 g/mol. The van der Waals surface area contributed by atoms with E-state index in [0.29, 0.717) is 24.6 Å². The van der Waals surface area contributed by atoms with Gasteiger partial charge < -0.3 is 14.4 Å². The first-order valence-corrected chi connectivity index (χ1v) is 6.74. The van der Waals surface area contributed by atoms with E-state index in [2.05, 4.69) is 17.2 Å². The Morgan fingerprint density at radius 3 is 2.35 bits per heavy atom. The van der Waals surface area contributed by atoms with Gasteiger partial charge >= 0.3 is 0 Å². The lowest BCUT2D eigenvalue weighted by Crippen LogP contribution is -2.13. The van der Waals surface area contributed by atoms with E-state index >= 15 is 0 Å². The van der Waals surface area contributed by atoms with Crippen LogP contribution in [0.25, 0.3) is 0 Å². The van der Waals surface area contributed by atoms with Crippen molar-refractivity contribution in [2.24, 2.45) is 10.3 Å².